The van der Waals surface area contributed by atoms with Gasteiger partial charge in [0.05, 0.1) is 6.61 Å². The summed E-state index contributed by atoms with van der Waals surface area (Å²) in [7, 11) is -5.65. The average Bonchev–Trinajstić information content (AvgIpc) is 2.96. The molecular formula is C21H37N3O6Si2. The number of ether oxygens (including phenoxy) is 1. The van der Waals surface area contributed by atoms with E-state index in [1.165, 1.54) is 12.3 Å². The molecule has 3 rings (SSSR count). The lowest BCUT2D eigenvalue weighted by molar-refractivity contribution is -0.0140. The van der Waals surface area contributed by atoms with E-state index in [2.05, 4.69) is 60.4 Å². The summed E-state index contributed by atoms with van der Waals surface area (Å²) in [6.07, 6.45) is 0.0353. The fourth-order valence-corrected chi connectivity index (χ4v) is 15.8. The molecule has 0 spiro atoms. The third kappa shape index (κ3) is 4.05. The molecule has 0 amide bonds. The molecule has 0 unspecified atom stereocenters. The van der Waals surface area contributed by atoms with E-state index in [1.807, 2.05) is 0 Å². The van der Waals surface area contributed by atoms with Gasteiger partial charge in [0.1, 0.15) is 11.9 Å². The Morgan fingerprint density at radius 3 is 2.12 bits per heavy atom. The summed E-state index contributed by atoms with van der Waals surface area (Å²) in [4.78, 5) is 16.1. The number of aliphatic hydroxyl groups is 1. The van der Waals surface area contributed by atoms with E-state index in [4.69, 9.17) is 23.4 Å². The molecular weight excluding hydrogens is 446 g/mol. The summed E-state index contributed by atoms with van der Waals surface area (Å²) >= 11 is 0. The second kappa shape index (κ2) is 8.94. The van der Waals surface area contributed by atoms with Crippen LogP contribution in [0.4, 0.5) is 5.82 Å². The van der Waals surface area contributed by atoms with Gasteiger partial charge >= 0.3 is 22.8 Å². The van der Waals surface area contributed by atoms with Gasteiger partial charge in [-0.2, -0.15) is 4.98 Å². The fraction of sp³-hybridized carbons (Fsp3) is 0.714. The molecule has 0 radical (unpaired) electrons. The number of anilines is 1. The molecule has 2 aliphatic rings. The Balaban J connectivity index is 2.12. The number of hydrogen-bond acceptors (Lipinski definition) is 8. The van der Waals surface area contributed by atoms with Crippen molar-refractivity contribution in [3.05, 3.63) is 28.5 Å². The molecule has 1 aromatic heterocycles. The molecule has 0 saturated carbocycles. The predicted molar refractivity (Wildman–Crippen MR) is 127 cm³/mol. The van der Waals surface area contributed by atoms with Crippen molar-refractivity contribution in [2.75, 3.05) is 12.3 Å². The Kier molecular flexibility index (Phi) is 6.97. The first-order valence-corrected chi connectivity index (χ1v) is 15.3. The van der Waals surface area contributed by atoms with Gasteiger partial charge in [-0.15, -0.1) is 0 Å². The Morgan fingerprint density at radius 2 is 1.62 bits per heavy atom. The van der Waals surface area contributed by atoms with Crippen LogP contribution in [0.15, 0.2) is 22.8 Å². The number of nitrogens with two attached hydrogens (primary N) is 1. The van der Waals surface area contributed by atoms with E-state index in [0.717, 1.165) is 4.57 Å². The molecule has 3 N–H and O–H groups in total. The molecule has 2 aliphatic heterocycles. The molecule has 1 aromatic rings. The van der Waals surface area contributed by atoms with Crippen LogP contribution in [-0.4, -0.2) is 50.6 Å². The summed E-state index contributed by atoms with van der Waals surface area (Å²) in [5, 5.41) is 11.1. The third-order valence-corrected chi connectivity index (χ3v) is 16.7. The molecule has 0 aromatic carbocycles. The quantitative estimate of drug-likeness (QED) is 0.606. The van der Waals surface area contributed by atoms with Crippen LogP contribution in [-0.2, 0) is 17.7 Å². The number of rotatable bonds is 5. The summed E-state index contributed by atoms with van der Waals surface area (Å²) < 4.78 is 27.7. The highest BCUT2D eigenvalue weighted by Crippen LogP contribution is 2.48. The molecule has 180 valence electrons. The SMILES string of the molecule is CC(C)[Si]1(C(C)C)OC[C@@H]2OC(n3ccc(N)nc3=O)=C(O)[C@H]2O[Si](C(C)C)(C(C)C)O1. The summed E-state index contributed by atoms with van der Waals surface area (Å²) in [6.45, 7) is 17.2. The van der Waals surface area contributed by atoms with Gasteiger partial charge in [0.15, 0.2) is 11.9 Å². The molecule has 0 bridgehead atoms. The van der Waals surface area contributed by atoms with Gasteiger partial charge in [-0.1, -0.05) is 55.4 Å². The maximum atomic E-state index is 12.4. The highest BCUT2D eigenvalue weighted by atomic mass is 28.5. The number of fused-ring (bicyclic) bond motifs is 1. The average molecular weight is 484 g/mol. The van der Waals surface area contributed by atoms with Crippen LogP contribution in [0.25, 0.3) is 5.88 Å². The van der Waals surface area contributed by atoms with E-state index in [-0.39, 0.29) is 46.2 Å². The van der Waals surface area contributed by atoms with Crippen molar-refractivity contribution in [1.29, 1.82) is 0 Å². The number of hydrogen-bond donors (Lipinski definition) is 2. The fourth-order valence-electron chi connectivity index (χ4n) is 4.69. The maximum Gasteiger partial charge on any atom is 0.356 e. The van der Waals surface area contributed by atoms with Gasteiger partial charge in [-0.3, -0.25) is 0 Å². The van der Waals surface area contributed by atoms with Crippen LogP contribution in [0.2, 0.25) is 22.2 Å². The van der Waals surface area contributed by atoms with Gasteiger partial charge in [0.2, 0.25) is 5.88 Å². The third-order valence-electron chi connectivity index (χ3n) is 6.46. The largest absolute Gasteiger partial charge is 0.505 e. The number of nitrogens with zero attached hydrogens (tertiary/aromatic N) is 2. The molecule has 1 saturated heterocycles. The topological polar surface area (TPSA) is 118 Å². The summed E-state index contributed by atoms with van der Waals surface area (Å²) in [5.74, 6) is -0.0592. The van der Waals surface area contributed by atoms with E-state index >= 15 is 0 Å². The second-order valence-electron chi connectivity index (χ2n) is 9.86. The van der Waals surface area contributed by atoms with Crippen molar-refractivity contribution in [2.45, 2.75) is 89.8 Å². The van der Waals surface area contributed by atoms with Crippen LogP contribution in [0.1, 0.15) is 55.4 Å². The van der Waals surface area contributed by atoms with Crippen LogP contribution < -0.4 is 11.4 Å². The molecule has 32 heavy (non-hydrogen) atoms. The minimum absolute atomic E-state index is 0.000210. The van der Waals surface area contributed by atoms with Crippen molar-refractivity contribution < 1.29 is 22.8 Å². The zero-order valence-corrected chi connectivity index (χ0v) is 22.3. The molecule has 11 heteroatoms. The second-order valence-corrected chi connectivity index (χ2v) is 18.7. The molecule has 0 aliphatic carbocycles. The van der Waals surface area contributed by atoms with Crippen molar-refractivity contribution in [3.63, 3.8) is 0 Å². The Bertz CT molecular complexity index is 914. The van der Waals surface area contributed by atoms with Crippen LogP contribution in [0.5, 0.6) is 0 Å². The lowest BCUT2D eigenvalue weighted by Gasteiger charge is -2.51. The smallest absolute Gasteiger partial charge is 0.356 e. The summed E-state index contributed by atoms with van der Waals surface area (Å²) in [5.41, 5.74) is 5.57. The van der Waals surface area contributed by atoms with Crippen LogP contribution in [0, 0.1) is 0 Å². The van der Waals surface area contributed by atoms with Crippen LogP contribution >= 0.6 is 0 Å². The van der Waals surface area contributed by atoms with Crippen molar-refractivity contribution in [1.82, 2.24) is 9.55 Å². The molecule has 3 heterocycles. The van der Waals surface area contributed by atoms with Crippen LogP contribution in [0.3, 0.4) is 0 Å². The van der Waals surface area contributed by atoms with Gasteiger partial charge in [0.25, 0.3) is 0 Å². The van der Waals surface area contributed by atoms with E-state index in [1.54, 1.807) is 0 Å². The van der Waals surface area contributed by atoms with Gasteiger partial charge in [-0.25, -0.2) is 9.36 Å². The lowest BCUT2D eigenvalue weighted by Crippen LogP contribution is -2.65. The first kappa shape index (κ1) is 25.0. The predicted octanol–water partition coefficient (Wildman–Crippen LogP) is 3.86. The lowest BCUT2D eigenvalue weighted by atomic mass is 10.2. The van der Waals surface area contributed by atoms with E-state index < -0.39 is 35.0 Å². The minimum atomic E-state index is -2.92. The normalized spacial score (nSPS) is 25.2. The first-order chi connectivity index (χ1) is 14.9. The van der Waals surface area contributed by atoms with Crippen molar-refractivity contribution in [3.8, 4) is 0 Å². The highest BCUT2D eigenvalue weighted by Gasteiger charge is 2.60. The Hall–Kier alpha value is -1.67. The number of aromatic nitrogens is 2. The maximum absolute atomic E-state index is 12.4. The number of nitrogen functional groups attached to an aromatic ring is 1. The standard InChI is InChI=1S/C21H37N3O6Si2/c1-12(2)31(13(3)4)27-11-16-19(29-32(30-31,14(5)6)15(7)8)18(25)20(28-16)24-10-9-17(22)23-21(24)26/h9-10,12-16,19,25H,11H2,1-8H3,(H2,22,23,26)/t16-,19-/m0/s1. The zero-order valence-electron chi connectivity index (χ0n) is 20.3. The van der Waals surface area contributed by atoms with Gasteiger partial charge in [0, 0.05) is 6.20 Å². The minimum Gasteiger partial charge on any atom is -0.505 e. The molecule has 1 fully saturated rings. The highest BCUT2D eigenvalue weighted by molar-refractivity contribution is 6.84. The summed E-state index contributed by atoms with van der Waals surface area (Å²) in [6, 6.07) is 1.47. The van der Waals surface area contributed by atoms with Gasteiger partial charge in [-0.05, 0) is 28.2 Å². The number of aliphatic hydroxyl groups excluding tert-OH is 1. The van der Waals surface area contributed by atoms with Crippen molar-refractivity contribution >= 4 is 28.8 Å². The zero-order chi connectivity index (χ0) is 24.0. The van der Waals surface area contributed by atoms with E-state index in [9.17, 15) is 9.90 Å². The van der Waals surface area contributed by atoms with Crippen molar-refractivity contribution in [2.24, 2.45) is 0 Å². The monoisotopic (exact) mass is 483 g/mol. The van der Waals surface area contributed by atoms with Gasteiger partial charge < -0.3 is 28.5 Å². The Labute approximate surface area is 192 Å². The molecule has 9 nitrogen and oxygen atoms in total. The molecule has 2 atom stereocenters. The first-order valence-electron chi connectivity index (χ1n) is 11.3. The Morgan fingerprint density at radius 1 is 1.06 bits per heavy atom. The van der Waals surface area contributed by atoms with E-state index in [0.29, 0.717) is 0 Å².